The van der Waals surface area contributed by atoms with Gasteiger partial charge in [0, 0.05) is 0 Å². The van der Waals surface area contributed by atoms with E-state index >= 15 is 0 Å². The summed E-state index contributed by atoms with van der Waals surface area (Å²) in [6.07, 6.45) is 5.47. The third kappa shape index (κ3) is 1.85. The van der Waals surface area contributed by atoms with Gasteiger partial charge in [-0.3, -0.25) is 0 Å². The number of rotatable bonds is 1. The van der Waals surface area contributed by atoms with Gasteiger partial charge < -0.3 is 5.73 Å². The van der Waals surface area contributed by atoms with Crippen molar-refractivity contribution in [3.8, 4) is 0 Å². The molecule has 84 valence electrons. The predicted molar refractivity (Wildman–Crippen MR) is 62.9 cm³/mol. The molecule has 2 rings (SSSR count). The van der Waals surface area contributed by atoms with Crippen molar-refractivity contribution in [2.24, 2.45) is 11.8 Å². The highest BCUT2D eigenvalue weighted by atomic mass is 35.5. The van der Waals surface area contributed by atoms with Gasteiger partial charge in [-0.15, -0.1) is 0 Å². The Labute approximate surface area is 95.6 Å². The van der Waals surface area contributed by atoms with Crippen LogP contribution in [-0.2, 0) is 0 Å². The van der Waals surface area contributed by atoms with Crippen LogP contribution in [0.5, 0.6) is 0 Å². The maximum atomic E-state index is 5.94. The van der Waals surface area contributed by atoms with Crippen LogP contribution in [0.1, 0.15) is 39.2 Å². The molecule has 0 spiro atoms. The van der Waals surface area contributed by atoms with Crippen LogP contribution >= 0.6 is 11.6 Å². The second-order valence-corrected chi connectivity index (χ2v) is 5.11. The van der Waals surface area contributed by atoms with Crippen molar-refractivity contribution in [1.29, 1.82) is 0 Å². The summed E-state index contributed by atoms with van der Waals surface area (Å²) in [5.41, 5.74) is 5.93. The summed E-state index contributed by atoms with van der Waals surface area (Å²) in [5.74, 6) is 1.88. The van der Waals surface area contributed by atoms with E-state index in [4.69, 9.17) is 17.3 Å². The fraction of sp³-hybridized carbons (Fsp3) is 0.727. The molecule has 1 heterocycles. The summed E-state index contributed by atoms with van der Waals surface area (Å²) in [6, 6.07) is 0.409. The molecular formula is C11H18ClN3. The summed E-state index contributed by atoms with van der Waals surface area (Å²) in [4.78, 5) is 0. The van der Waals surface area contributed by atoms with Gasteiger partial charge in [0.05, 0.1) is 12.2 Å². The summed E-state index contributed by atoms with van der Waals surface area (Å²) in [5, 5.41) is 4.87. The third-order valence-corrected chi connectivity index (χ3v) is 3.85. The number of nitrogens with zero attached hydrogens (tertiary/aromatic N) is 2. The minimum Gasteiger partial charge on any atom is -0.383 e. The number of aromatic nitrogens is 2. The Bertz CT molecular complexity index is 338. The van der Waals surface area contributed by atoms with Crippen molar-refractivity contribution in [1.82, 2.24) is 9.78 Å². The zero-order valence-electron chi connectivity index (χ0n) is 9.28. The quantitative estimate of drug-likeness (QED) is 0.801. The first-order valence-corrected chi connectivity index (χ1v) is 5.97. The van der Waals surface area contributed by atoms with Gasteiger partial charge in [-0.1, -0.05) is 31.9 Å². The summed E-state index contributed by atoms with van der Waals surface area (Å²) in [6.45, 7) is 4.55. The molecule has 1 aromatic rings. The SMILES string of the molecule is CC1CCCC(C)C1n1ncc(Cl)c1N. The number of hydrogen-bond acceptors (Lipinski definition) is 2. The van der Waals surface area contributed by atoms with Gasteiger partial charge in [-0.05, 0) is 24.7 Å². The molecule has 15 heavy (non-hydrogen) atoms. The van der Waals surface area contributed by atoms with Crippen LogP contribution in [-0.4, -0.2) is 9.78 Å². The average Bonchev–Trinajstić information content (AvgIpc) is 2.49. The highest BCUT2D eigenvalue weighted by Crippen LogP contribution is 2.39. The third-order valence-electron chi connectivity index (χ3n) is 3.55. The number of halogens is 1. The Morgan fingerprint density at radius 3 is 2.47 bits per heavy atom. The van der Waals surface area contributed by atoms with Crippen molar-refractivity contribution in [2.75, 3.05) is 5.73 Å². The smallest absolute Gasteiger partial charge is 0.140 e. The fourth-order valence-electron chi connectivity index (χ4n) is 2.73. The normalized spacial score (nSPS) is 31.8. The van der Waals surface area contributed by atoms with Crippen LogP contribution in [0.15, 0.2) is 6.20 Å². The number of nitrogen functional groups attached to an aromatic ring is 1. The molecular weight excluding hydrogens is 210 g/mol. The zero-order chi connectivity index (χ0) is 11.0. The molecule has 1 aliphatic rings. The van der Waals surface area contributed by atoms with E-state index in [9.17, 15) is 0 Å². The Morgan fingerprint density at radius 2 is 2.00 bits per heavy atom. The molecule has 0 radical (unpaired) electrons. The summed E-state index contributed by atoms with van der Waals surface area (Å²) >= 11 is 5.94. The van der Waals surface area contributed by atoms with E-state index in [2.05, 4.69) is 18.9 Å². The average molecular weight is 228 g/mol. The molecule has 1 aliphatic carbocycles. The highest BCUT2D eigenvalue weighted by molar-refractivity contribution is 6.32. The van der Waals surface area contributed by atoms with Gasteiger partial charge in [0.25, 0.3) is 0 Å². The number of hydrogen-bond donors (Lipinski definition) is 1. The van der Waals surface area contributed by atoms with Crippen LogP contribution in [0.4, 0.5) is 5.82 Å². The molecule has 0 amide bonds. The van der Waals surface area contributed by atoms with E-state index in [1.807, 2.05) is 4.68 Å². The van der Waals surface area contributed by atoms with Crippen molar-refractivity contribution in [3.63, 3.8) is 0 Å². The maximum Gasteiger partial charge on any atom is 0.140 e. The largest absolute Gasteiger partial charge is 0.383 e. The summed E-state index contributed by atoms with van der Waals surface area (Å²) < 4.78 is 1.91. The molecule has 2 atom stereocenters. The molecule has 4 heteroatoms. The molecule has 1 aromatic heterocycles. The first kappa shape index (κ1) is 10.8. The first-order chi connectivity index (χ1) is 7.11. The standard InChI is InChI=1S/C11H18ClN3/c1-7-4-3-5-8(2)10(7)15-11(13)9(12)6-14-15/h6-8,10H,3-5,13H2,1-2H3. The van der Waals surface area contributed by atoms with Crippen molar-refractivity contribution in [3.05, 3.63) is 11.2 Å². The minimum absolute atomic E-state index is 0.409. The van der Waals surface area contributed by atoms with Crippen molar-refractivity contribution in [2.45, 2.75) is 39.2 Å². The van der Waals surface area contributed by atoms with E-state index in [1.54, 1.807) is 6.20 Å². The van der Waals surface area contributed by atoms with E-state index in [-0.39, 0.29) is 0 Å². The number of nitrogens with two attached hydrogens (primary N) is 1. The lowest BCUT2D eigenvalue weighted by Crippen LogP contribution is -2.29. The Kier molecular flexibility index (Phi) is 2.91. The first-order valence-electron chi connectivity index (χ1n) is 5.59. The second kappa shape index (κ2) is 4.05. The van der Waals surface area contributed by atoms with Crippen LogP contribution in [0, 0.1) is 11.8 Å². The molecule has 2 unspecified atom stereocenters. The lowest BCUT2D eigenvalue weighted by molar-refractivity contribution is 0.172. The minimum atomic E-state index is 0.409. The van der Waals surface area contributed by atoms with E-state index in [0.717, 1.165) is 0 Å². The van der Waals surface area contributed by atoms with Gasteiger partial charge in [-0.2, -0.15) is 5.10 Å². The second-order valence-electron chi connectivity index (χ2n) is 4.70. The van der Waals surface area contributed by atoms with Crippen LogP contribution in [0.25, 0.3) is 0 Å². The Hall–Kier alpha value is -0.700. The van der Waals surface area contributed by atoms with E-state index in [0.29, 0.717) is 28.7 Å². The van der Waals surface area contributed by atoms with Crippen molar-refractivity contribution < 1.29 is 0 Å². The van der Waals surface area contributed by atoms with Gasteiger partial charge in [0.2, 0.25) is 0 Å². The molecule has 1 fully saturated rings. The molecule has 0 aliphatic heterocycles. The zero-order valence-corrected chi connectivity index (χ0v) is 10.0. The van der Waals surface area contributed by atoms with E-state index in [1.165, 1.54) is 19.3 Å². The van der Waals surface area contributed by atoms with Gasteiger partial charge >= 0.3 is 0 Å². The summed E-state index contributed by atoms with van der Waals surface area (Å²) in [7, 11) is 0. The molecule has 1 saturated carbocycles. The van der Waals surface area contributed by atoms with Crippen LogP contribution in [0.3, 0.4) is 0 Å². The number of anilines is 1. The topological polar surface area (TPSA) is 43.8 Å². The monoisotopic (exact) mass is 227 g/mol. The maximum absolute atomic E-state index is 5.94. The lowest BCUT2D eigenvalue weighted by atomic mass is 9.79. The van der Waals surface area contributed by atoms with Crippen LogP contribution in [0.2, 0.25) is 5.02 Å². The van der Waals surface area contributed by atoms with Crippen molar-refractivity contribution >= 4 is 17.4 Å². The Balaban J connectivity index is 2.31. The molecule has 0 saturated heterocycles. The molecule has 3 nitrogen and oxygen atoms in total. The van der Waals surface area contributed by atoms with Crippen LogP contribution < -0.4 is 5.73 Å². The molecule has 0 aromatic carbocycles. The molecule has 0 bridgehead atoms. The van der Waals surface area contributed by atoms with Gasteiger partial charge in [0.1, 0.15) is 10.8 Å². The van der Waals surface area contributed by atoms with Gasteiger partial charge in [0.15, 0.2) is 0 Å². The Morgan fingerprint density at radius 1 is 1.40 bits per heavy atom. The molecule has 2 N–H and O–H groups in total. The highest BCUT2D eigenvalue weighted by Gasteiger charge is 2.31. The predicted octanol–water partition coefficient (Wildman–Crippen LogP) is 3.12. The van der Waals surface area contributed by atoms with Gasteiger partial charge in [-0.25, -0.2) is 4.68 Å². The lowest BCUT2D eigenvalue weighted by Gasteiger charge is -2.35. The fourth-order valence-corrected chi connectivity index (χ4v) is 2.86. The van der Waals surface area contributed by atoms with E-state index < -0.39 is 0 Å².